The number of aliphatic carboxylic acids is 1. The van der Waals surface area contributed by atoms with Gasteiger partial charge in [-0.15, -0.1) is 0 Å². The Morgan fingerprint density at radius 2 is 0.780 bits per heavy atom. The molecule has 1 N–H and O–H groups in total. The molecule has 0 saturated heterocycles. The van der Waals surface area contributed by atoms with Crippen LogP contribution in [0.25, 0.3) is 0 Å². The molecule has 0 fully saturated rings. The number of carboxylic acids is 1. The van der Waals surface area contributed by atoms with E-state index in [9.17, 15) is 79.4 Å². The molecule has 246 valence electrons. The van der Waals surface area contributed by atoms with E-state index in [1.54, 1.807) is 0 Å². The van der Waals surface area contributed by atoms with E-state index < -0.39 is 72.4 Å². The summed E-state index contributed by atoms with van der Waals surface area (Å²) in [6.07, 6.45) is -4.67. The molecule has 0 aliphatic carbocycles. The molecule has 41 heavy (non-hydrogen) atoms. The molecule has 0 radical (unpaired) electrons. The molecule has 19 heteroatoms. The van der Waals surface area contributed by atoms with Gasteiger partial charge in [-0.25, -0.2) is 0 Å². The molecule has 2 nitrogen and oxygen atoms in total. The summed E-state index contributed by atoms with van der Waals surface area (Å²) in [6, 6.07) is 0. The van der Waals surface area contributed by atoms with Crippen LogP contribution in [0.1, 0.15) is 77.6 Å². The van der Waals surface area contributed by atoms with Crippen molar-refractivity contribution in [1.29, 1.82) is 0 Å². The molecule has 1 atom stereocenters. The fourth-order valence-corrected chi connectivity index (χ4v) is 3.69. The highest BCUT2D eigenvalue weighted by Gasteiger charge is 2.95. The Balaban J connectivity index is 5.98. The van der Waals surface area contributed by atoms with Crippen LogP contribution in [0.5, 0.6) is 0 Å². The molecule has 0 aromatic heterocycles. The second-order valence-electron chi connectivity index (χ2n) is 9.43. The average Bonchev–Trinajstić information content (AvgIpc) is 2.80. The topological polar surface area (TPSA) is 37.3 Å². The fourth-order valence-electron chi connectivity index (χ4n) is 3.69. The van der Waals surface area contributed by atoms with Gasteiger partial charge in [0, 0.05) is 0 Å². The Labute approximate surface area is 222 Å². The summed E-state index contributed by atoms with van der Waals surface area (Å²) in [4.78, 5) is 11.1. The number of halogens is 17. The molecule has 0 heterocycles. The minimum absolute atomic E-state index is 0.177. The van der Waals surface area contributed by atoms with Crippen molar-refractivity contribution in [2.45, 2.75) is 125 Å². The van der Waals surface area contributed by atoms with Gasteiger partial charge in [0.1, 0.15) is 5.92 Å². The molecule has 0 saturated carbocycles. The second kappa shape index (κ2) is 13.3. The van der Waals surface area contributed by atoms with Crippen LogP contribution in [0.3, 0.4) is 0 Å². The number of rotatable bonds is 19. The molecule has 0 aliphatic heterocycles. The summed E-state index contributed by atoms with van der Waals surface area (Å²) in [6.45, 7) is 1.96. The zero-order valence-corrected chi connectivity index (χ0v) is 21.1. The SMILES string of the molecule is CCCCCCCCCCCCC(C(=O)O)C(F)(F)C(F)(F)C(F)(F)C(F)(F)C(F)(F)C(F)(F)C(F)(F)C(F)(F)F. The van der Waals surface area contributed by atoms with Gasteiger partial charge in [-0.05, 0) is 6.42 Å². The molecule has 0 aliphatic rings. The van der Waals surface area contributed by atoms with Crippen LogP contribution < -0.4 is 0 Å². The number of carboxylic acid groups (broad SMARTS) is 1. The van der Waals surface area contributed by atoms with Gasteiger partial charge >= 0.3 is 53.6 Å². The first-order chi connectivity index (χ1) is 18.1. The summed E-state index contributed by atoms with van der Waals surface area (Å²) in [5, 5.41) is 8.83. The minimum atomic E-state index is -8.74. The van der Waals surface area contributed by atoms with Crippen LogP contribution in [0, 0.1) is 5.92 Å². The van der Waals surface area contributed by atoms with Gasteiger partial charge in [-0.3, -0.25) is 4.79 Å². The van der Waals surface area contributed by atoms with Crippen molar-refractivity contribution in [3.8, 4) is 0 Å². The maximum atomic E-state index is 14.3. The molecule has 0 spiro atoms. The molecule has 0 amide bonds. The van der Waals surface area contributed by atoms with Crippen LogP contribution in [0.15, 0.2) is 0 Å². The molecule has 0 rings (SSSR count). The van der Waals surface area contributed by atoms with E-state index in [0.717, 1.165) is 32.1 Å². The van der Waals surface area contributed by atoms with Gasteiger partial charge in [-0.1, -0.05) is 71.1 Å². The zero-order chi connectivity index (χ0) is 32.9. The number of hydrogen-bond donors (Lipinski definition) is 1. The van der Waals surface area contributed by atoms with Crippen molar-refractivity contribution in [3.05, 3.63) is 0 Å². The highest BCUT2D eigenvalue weighted by molar-refractivity contribution is 5.71. The number of alkyl halides is 17. The third-order valence-corrected chi connectivity index (χ3v) is 6.33. The quantitative estimate of drug-likeness (QED) is 0.112. The van der Waals surface area contributed by atoms with Crippen molar-refractivity contribution in [1.82, 2.24) is 0 Å². The van der Waals surface area contributed by atoms with Gasteiger partial charge in [-0.2, -0.15) is 74.6 Å². The van der Waals surface area contributed by atoms with Crippen LogP contribution in [0.2, 0.25) is 0 Å². The monoisotopic (exact) mass is 646 g/mol. The third kappa shape index (κ3) is 7.26. The molecular weight excluding hydrogens is 619 g/mol. The van der Waals surface area contributed by atoms with E-state index in [4.69, 9.17) is 5.11 Å². The zero-order valence-electron chi connectivity index (χ0n) is 21.1. The van der Waals surface area contributed by atoms with E-state index in [2.05, 4.69) is 0 Å². The van der Waals surface area contributed by atoms with E-state index in [1.807, 2.05) is 6.92 Å². The van der Waals surface area contributed by atoms with Crippen molar-refractivity contribution in [3.63, 3.8) is 0 Å². The highest BCUT2D eigenvalue weighted by atomic mass is 19.4. The van der Waals surface area contributed by atoms with Gasteiger partial charge < -0.3 is 5.11 Å². The summed E-state index contributed by atoms with van der Waals surface area (Å²) in [5.41, 5.74) is 0. The van der Waals surface area contributed by atoms with Gasteiger partial charge in [0.2, 0.25) is 0 Å². The summed E-state index contributed by atoms with van der Waals surface area (Å²) < 4.78 is 228. The maximum absolute atomic E-state index is 14.3. The molecule has 0 aromatic rings. The lowest BCUT2D eigenvalue weighted by molar-refractivity contribution is -0.463. The van der Waals surface area contributed by atoms with Crippen molar-refractivity contribution in [2.24, 2.45) is 5.92 Å². The standard InChI is InChI=1S/C22H27F17O2/c1-2-3-4-5-6-7-8-9-10-11-12-13(14(40)41)15(23,24)16(25,26)17(27,28)18(29,30)19(31,32)20(33,34)21(35,36)22(37,38)39/h13H,2-12H2,1H3,(H,40,41). The number of hydrogen-bond acceptors (Lipinski definition) is 1. The van der Waals surface area contributed by atoms with E-state index in [1.165, 1.54) is 0 Å². The normalized spacial score (nSPS) is 15.8. The smallest absolute Gasteiger partial charge is 0.460 e. The molecule has 0 aromatic carbocycles. The fraction of sp³-hybridized carbons (Fsp3) is 0.955. The van der Waals surface area contributed by atoms with E-state index in [-0.39, 0.29) is 12.8 Å². The maximum Gasteiger partial charge on any atom is 0.460 e. The molecule has 1 unspecified atom stereocenters. The lowest BCUT2D eigenvalue weighted by atomic mass is 9.83. The van der Waals surface area contributed by atoms with Gasteiger partial charge in [0.05, 0.1) is 0 Å². The van der Waals surface area contributed by atoms with Crippen molar-refractivity contribution < 1.29 is 84.5 Å². The van der Waals surface area contributed by atoms with Gasteiger partial charge in [0.15, 0.2) is 0 Å². The Kier molecular flexibility index (Phi) is 12.7. The van der Waals surface area contributed by atoms with Crippen LogP contribution in [-0.2, 0) is 4.79 Å². The van der Waals surface area contributed by atoms with Crippen molar-refractivity contribution >= 4 is 5.97 Å². The Morgan fingerprint density at radius 3 is 1.10 bits per heavy atom. The minimum Gasteiger partial charge on any atom is -0.481 e. The van der Waals surface area contributed by atoms with Crippen molar-refractivity contribution in [2.75, 3.05) is 0 Å². The Morgan fingerprint density at radius 1 is 0.488 bits per heavy atom. The van der Waals surface area contributed by atoms with E-state index >= 15 is 0 Å². The van der Waals surface area contributed by atoms with E-state index in [0.29, 0.717) is 12.8 Å². The van der Waals surface area contributed by atoms with Gasteiger partial charge in [0.25, 0.3) is 0 Å². The number of carbonyl (C=O) groups is 1. The summed E-state index contributed by atoms with van der Waals surface area (Å²) in [5.74, 6) is -64.8. The van der Waals surface area contributed by atoms with Crippen LogP contribution in [0.4, 0.5) is 74.6 Å². The van der Waals surface area contributed by atoms with Crippen LogP contribution in [-0.4, -0.2) is 58.7 Å². The largest absolute Gasteiger partial charge is 0.481 e. The second-order valence-corrected chi connectivity index (χ2v) is 9.43. The first-order valence-corrected chi connectivity index (χ1v) is 12.1. The summed E-state index contributed by atoms with van der Waals surface area (Å²) in [7, 11) is 0. The molecule has 0 bridgehead atoms. The first-order valence-electron chi connectivity index (χ1n) is 12.1. The molecular formula is C22H27F17O2. The predicted molar refractivity (Wildman–Crippen MR) is 108 cm³/mol. The summed E-state index contributed by atoms with van der Waals surface area (Å²) >= 11 is 0. The predicted octanol–water partition coefficient (Wildman–Crippen LogP) is 10.0. The highest BCUT2D eigenvalue weighted by Crippen LogP contribution is 2.64. The first kappa shape index (κ1) is 39.3. The Hall–Kier alpha value is -1.72. The third-order valence-electron chi connectivity index (χ3n) is 6.33. The van der Waals surface area contributed by atoms with Crippen LogP contribution >= 0.6 is 0 Å². The lowest BCUT2D eigenvalue weighted by Crippen LogP contribution is -2.75. The average molecular weight is 646 g/mol. The Bertz CT molecular complexity index is 836. The lowest BCUT2D eigenvalue weighted by Gasteiger charge is -2.43. The number of unbranched alkanes of at least 4 members (excludes halogenated alkanes) is 9.